The van der Waals surface area contributed by atoms with E-state index < -0.39 is 4.92 Å². The number of benzene rings is 1. The van der Waals surface area contributed by atoms with Crippen LogP contribution in [0.1, 0.15) is 5.56 Å². The Kier molecular flexibility index (Phi) is 4.27. The summed E-state index contributed by atoms with van der Waals surface area (Å²) in [6.45, 7) is 0. The normalized spacial score (nSPS) is 17.1. The fraction of sp³-hybridized carbons (Fsp3) is 0.100. The Morgan fingerprint density at radius 2 is 2.32 bits per heavy atom. The van der Waals surface area contributed by atoms with Gasteiger partial charge in [0.2, 0.25) is 5.91 Å². The number of carbonyl (C=O) groups excluding carboxylic acids is 1. The molecule has 98 valence electrons. The van der Waals surface area contributed by atoms with Crippen molar-refractivity contribution in [2.24, 2.45) is 10.2 Å². The van der Waals surface area contributed by atoms with Crippen LogP contribution in [0, 0.1) is 10.1 Å². The van der Waals surface area contributed by atoms with Crippen LogP contribution in [0.25, 0.3) is 0 Å². The number of non-ortho nitro benzene ring substituents is 1. The van der Waals surface area contributed by atoms with E-state index in [2.05, 4.69) is 31.4 Å². The van der Waals surface area contributed by atoms with E-state index in [1.54, 1.807) is 6.07 Å². The van der Waals surface area contributed by atoms with E-state index in [1.807, 2.05) is 0 Å². The third-order valence-corrected chi connectivity index (χ3v) is 3.71. The Morgan fingerprint density at radius 1 is 1.53 bits per heavy atom. The minimum Gasteiger partial charge on any atom is -0.303 e. The lowest BCUT2D eigenvalue weighted by molar-refractivity contribution is -0.384. The largest absolute Gasteiger partial charge is 0.303 e. The van der Waals surface area contributed by atoms with Crippen LogP contribution < -0.4 is 5.32 Å². The summed E-state index contributed by atoms with van der Waals surface area (Å²) in [7, 11) is 0. The number of carbonyl (C=O) groups is 1. The van der Waals surface area contributed by atoms with Gasteiger partial charge in [-0.15, -0.1) is 5.10 Å². The van der Waals surface area contributed by atoms with Crippen LogP contribution in [0.2, 0.25) is 0 Å². The predicted molar refractivity (Wildman–Crippen MR) is 76.4 cm³/mol. The zero-order valence-corrected chi connectivity index (χ0v) is 11.8. The van der Waals surface area contributed by atoms with Crippen molar-refractivity contribution in [3.05, 3.63) is 38.3 Å². The molecule has 7 nitrogen and oxygen atoms in total. The SMILES string of the molecule is O=C1CSC(=NN=Cc2cc([N+](=O)[O-])ccc2Br)N1. The Labute approximate surface area is 120 Å². The zero-order chi connectivity index (χ0) is 13.8. The first-order valence-electron chi connectivity index (χ1n) is 5.04. The average molecular weight is 343 g/mol. The number of nitrogens with one attached hydrogen (secondary N) is 1. The molecular weight excluding hydrogens is 336 g/mol. The topological polar surface area (TPSA) is 97.0 Å². The van der Waals surface area contributed by atoms with Crippen molar-refractivity contribution in [3.8, 4) is 0 Å². The second-order valence-corrected chi connectivity index (χ2v) is 5.27. The quantitative estimate of drug-likeness (QED) is 0.515. The van der Waals surface area contributed by atoms with Crippen LogP contribution in [0.15, 0.2) is 32.9 Å². The molecule has 0 bridgehead atoms. The van der Waals surface area contributed by atoms with Crippen molar-refractivity contribution >= 4 is 50.7 Å². The highest BCUT2D eigenvalue weighted by Crippen LogP contribution is 2.21. The smallest absolute Gasteiger partial charge is 0.270 e. The van der Waals surface area contributed by atoms with E-state index in [0.29, 0.717) is 21.0 Å². The van der Waals surface area contributed by atoms with E-state index in [9.17, 15) is 14.9 Å². The van der Waals surface area contributed by atoms with Gasteiger partial charge in [0.15, 0.2) is 5.17 Å². The third-order valence-electron chi connectivity index (χ3n) is 2.12. The van der Waals surface area contributed by atoms with E-state index >= 15 is 0 Å². The molecule has 0 radical (unpaired) electrons. The number of thioether (sulfide) groups is 1. The lowest BCUT2D eigenvalue weighted by Crippen LogP contribution is -2.19. The molecule has 1 N–H and O–H groups in total. The number of rotatable bonds is 3. The summed E-state index contributed by atoms with van der Waals surface area (Å²) in [5, 5.41) is 21.2. The van der Waals surface area contributed by atoms with Gasteiger partial charge in [-0.3, -0.25) is 14.9 Å². The second-order valence-electron chi connectivity index (χ2n) is 3.45. The van der Waals surface area contributed by atoms with Gasteiger partial charge in [-0.2, -0.15) is 5.10 Å². The summed E-state index contributed by atoms with van der Waals surface area (Å²) in [6, 6.07) is 4.34. The van der Waals surface area contributed by atoms with Gasteiger partial charge in [-0.05, 0) is 6.07 Å². The highest BCUT2D eigenvalue weighted by Gasteiger charge is 2.16. The van der Waals surface area contributed by atoms with Gasteiger partial charge in [0, 0.05) is 22.2 Å². The predicted octanol–water partition coefficient (Wildman–Crippen LogP) is 1.91. The molecule has 1 aliphatic rings. The van der Waals surface area contributed by atoms with Gasteiger partial charge in [-0.1, -0.05) is 27.7 Å². The molecule has 19 heavy (non-hydrogen) atoms. The molecule has 2 rings (SSSR count). The monoisotopic (exact) mass is 342 g/mol. The van der Waals surface area contributed by atoms with Gasteiger partial charge >= 0.3 is 0 Å². The molecule has 0 aliphatic carbocycles. The lowest BCUT2D eigenvalue weighted by Gasteiger charge is -1.97. The molecule has 1 aromatic carbocycles. The highest BCUT2D eigenvalue weighted by atomic mass is 79.9. The van der Waals surface area contributed by atoms with Crippen molar-refractivity contribution in [3.63, 3.8) is 0 Å². The van der Waals surface area contributed by atoms with Gasteiger partial charge < -0.3 is 5.32 Å². The fourth-order valence-corrected chi connectivity index (χ4v) is 2.25. The maximum absolute atomic E-state index is 10.9. The molecule has 0 spiro atoms. The molecule has 0 unspecified atom stereocenters. The Hall–Kier alpha value is -1.74. The fourth-order valence-electron chi connectivity index (χ4n) is 1.27. The standard InChI is InChI=1S/C10H7BrN4O3S/c11-8-2-1-7(15(17)18)3-6(8)4-12-14-10-13-9(16)5-19-10/h1-4H,5H2,(H,13,14,16). The van der Waals surface area contributed by atoms with Crippen molar-refractivity contribution in [1.29, 1.82) is 0 Å². The minimum atomic E-state index is -0.483. The minimum absolute atomic E-state index is 0.0270. The summed E-state index contributed by atoms with van der Waals surface area (Å²) in [4.78, 5) is 21.1. The van der Waals surface area contributed by atoms with Crippen LogP contribution in [0.5, 0.6) is 0 Å². The van der Waals surface area contributed by atoms with E-state index in [-0.39, 0.29) is 11.6 Å². The summed E-state index contributed by atoms with van der Waals surface area (Å²) < 4.78 is 0.671. The van der Waals surface area contributed by atoms with E-state index in [0.717, 1.165) is 0 Å². The zero-order valence-electron chi connectivity index (χ0n) is 9.37. The molecule has 1 aromatic rings. The number of amides is 1. The van der Waals surface area contributed by atoms with Crippen LogP contribution >= 0.6 is 27.7 Å². The molecule has 1 fully saturated rings. The van der Waals surface area contributed by atoms with Gasteiger partial charge in [0.1, 0.15) is 0 Å². The van der Waals surface area contributed by atoms with Crippen LogP contribution in [0.3, 0.4) is 0 Å². The number of nitrogens with zero attached hydrogens (tertiary/aromatic N) is 3. The number of amidine groups is 1. The Morgan fingerprint density at radius 3 is 2.95 bits per heavy atom. The Balaban J connectivity index is 2.16. The maximum atomic E-state index is 10.9. The molecule has 0 atom stereocenters. The summed E-state index contributed by atoms with van der Waals surface area (Å²) in [5.74, 6) is 0.213. The number of nitro benzene ring substituents is 1. The van der Waals surface area contributed by atoms with E-state index in [1.165, 1.54) is 30.1 Å². The second kappa shape index (κ2) is 5.93. The highest BCUT2D eigenvalue weighted by molar-refractivity contribution is 9.10. The van der Waals surface area contributed by atoms with Crippen LogP contribution in [0.4, 0.5) is 5.69 Å². The van der Waals surface area contributed by atoms with Crippen molar-refractivity contribution in [2.45, 2.75) is 0 Å². The first-order valence-corrected chi connectivity index (χ1v) is 6.82. The molecular formula is C10H7BrN4O3S. The Bertz CT molecular complexity index is 602. The first kappa shape index (κ1) is 13.7. The summed E-state index contributed by atoms with van der Waals surface area (Å²) in [6.07, 6.45) is 1.38. The molecule has 0 aromatic heterocycles. The summed E-state index contributed by atoms with van der Waals surface area (Å²) in [5.41, 5.74) is 0.508. The molecule has 1 aliphatic heterocycles. The molecule has 1 saturated heterocycles. The van der Waals surface area contributed by atoms with Gasteiger partial charge in [-0.25, -0.2) is 0 Å². The molecule has 9 heteroatoms. The number of halogens is 1. The summed E-state index contributed by atoms with van der Waals surface area (Å²) >= 11 is 4.52. The number of nitro groups is 1. The van der Waals surface area contributed by atoms with Crippen molar-refractivity contribution in [2.75, 3.05) is 5.75 Å². The average Bonchev–Trinajstić information content (AvgIpc) is 2.77. The van der Waals surface area contributed by atoms with Crippen LogP contribution in [-0.2, 0) is 4.79 Å². The van der Waals surface area contributed by atoms with Gasteiger partial charge in [0.25, 0.3) is 5.69 Å². The van der Waals surface area contributed by atoms with Crippen molar-refractivity contribution < 1.29 is 9.72 Å². The maximum Gasteiger partial charge on any atom is 0.270 e. The first-order chi connectivity index (χ1) is 9.06. The van der Waals surface area contributed by atoms with Crippen molar-refractivity contribution in [1.82, 2.24) is 5.32 Å². The van der Waals surface area contributed by atoms with Gasteiger partial charge in [0.05, 0.1) is 16.9 Å². The van der Waals surface area contributed by atoms with Crippen LogP contribution in [-0.4, -0.2) is 28.0 Å². The molecule has 1 amide bonds. The number of hydrogen-bond donors (Lipinski definition) is 1. The number of hydrogen-bond acceptors (Lipinski definition) is 6. The lowest BCUT2D eigenvalue weighted by atomic mass is 10.2. The van der Waals surface area contributed by atoms with E-state index in [4.69, 9.17) is 0 Å². The molecule has 0 saturated carbocycles. The molecule has 1 heterocycles. The third kappa shape index (κ3) is 3.61.